The molecule has 2 aromatic heterocycles. The van der Waals surface area contributed by atoms with Crippen molar-refractivity contribution >= 4 is 44.8 Å². The normalized spacial score (nSPS) is 17.2. The molecule has 24 heavy (non-hydrogen) atoms. The second-order valence-corrected chi connectivity index (χ2v) is 8.18. The Morgan fingerprint density at radius 1 is 1.33 bits per heavy atom. The average molecular weight is 380 g/mol. The lowest BCUT2D eigenvalue weighted by Crippen LogP contribution is -2.25. The second-order valence-electron chi connectivity index (χ2n) is 6.28. The Morgan fingerprint density at radius 2 is 2.08 bits per heavy atom. The van der Waals surface area contributed by atoms with Crippen molar-refractivity contribution in [2.24, 2.45) is 5.92 Å². The molecule has 0 fully saturated rings. The molecule has 1 aliphatic rings. The van der Waals surface area contributed by atoms with E-state index in [4.69, 9.17) is 23.2 Å². The van der Waals surface area contributed by atoms with E-state index in [9.17, 15) is 4.79 Å². The summed E-state index contributed by atoms with van der Waals surface area (Å²) >= 11 is 14.0. The molecule has 1 aliphatic carbocycles. The summed E-state index contributed by atoms with van der Waals surface area (Å²) in [6.07, 6.45) is 3.06. The van der Waals surface area contributed by atoms with Gasteiger partial charge in [-0.1, -0.05) is 41.4 Å². The first kappa shape index (κ1) is 16.1. The van der Waals surface area contributed by atoms with E-state index < -0.39 is 0 Å². The van der Waals surface area contributed by atoms with Crippen LogP contribution in [0.3, 0.4) is 0 Å². The van der Waals surface area contributed by atoms with Crippen molar-refractivity contribution in [3.05, 3.63) is 54.6 Å². The standard InChI is InChI=1S/C17H15Cl2N3OS/c1-9-5-6-10-14(7-9)24-16-15(10)17(23)22(21-20-16)8-11-12(18)3-2-4-13(11)19/h2-4,9H,5-8H2,1H3/t9-/m1/s1. The van der Waals surface area contributed by atoms with Crippen LogP contribution in [0.2, 0.25) is 10.0 Å². The number of hydrogen-bond acceptors (Lipinski definition) is 4. The minimum Gasteiger partial charge on any atom is -0.267 e. The molecule has 0 unspecified atom stereocenters. The second kappa shape index (κ2) is 6.14. The molecule has 0 saturated heterocycles. The fraction of sp³-hybridized carbons (Fsp3) is 0.353. The topological polar surface area (TPSA) is 47.8 Å². The summed E-state index contributed by atoms with van der Waals surface area (Å²) < 4.78 is 1.36. The number of aromatic nitrogens is 3. The Kier molecular flexibility index (Phi) is 4.11. The molecule has 0 spiro atoms. The predicted molar refractivity (Wildman–Crippen MR) is 98.4 cm³/mol. The summed E-state index contributed by atoms with van der Waals surface area (Å²) in [6, 6.07) is 5.30. The van der Waals surface area contributed by atoms with Crippen molar-refractivity contribution in [2.45, 2.75) is 32.7 Å². The van der Waals surface area contributed by atoms with Crippen molar-refractivity contribution in [3.63, 3.8) is 0 Å². The van der Waals surface area contributed by atoms with Crippen molar-refractivity contribution < 1.29 is 0 Å². The zero-order valence-electron chi connectivity index (χ0n) is 13.1. The number of aryl methyl sites for hydroxylation is 1. The molecule has 3 aromatic rings. The zero-order valence-corrected chi connectivity index (χ0v) is 15.4. The van der Waals surface area contributed by atoms with Gasteiger partial charge < -0.3 is 0 Å². The Labute approximate surface area is 153 Å². The van der Waals surface area contributed by atoms with Gasteiger partial charge in [0, 0.05) is 20.5 Å². The Morgan fingerprint density at radius 3 is 2.83 bits per heavy atom. The van der Waals surface area contributed by atoms with Crippen LogP contribution in [0.5, 0.6) is 0 Å². The molecule has 4 rings (SSSR count). The van der Waals surface area contributed by atoms with Crippen LogP contribution in [0.4, 0.5) is 0 Å². The maximum atomic E-state index is 13.0. The third-order valence-corrected chi connectivity index (χ3v) is 6.40. The van der Waals surface area contributed by atoms with Crippen LogP contribution >= 0.6 is 34.5 Å². The quantitative estimate of drug-likeness (QED) is 0.665. The van der Waals surface area contributed by atoms with Gasteiger partial charge in [-0.15, -0.1) is 16.4 Å². The Balaban J connectivity index is 1.83. The largest absolute Gasteiger partial charge is 0.279 e. The summed E-state index contributed by atoms with van der Waals surface area (Å²) in [5.74, 6) is 0.655. The molecule has 0 aliphatic heterocycles. The van der Waals surface area contributed by atoms with Crippen LogP contribution < -0.4 is 5.56 Å². The van der Waals surface area contributed by atoms with E-state index in [2.05, 4.69) is 17.2 Å². The van der Waals surface area contributed by atoms with E-state index in [1.54, 1.807) is 29.5 Å². The highest BCUT2D eigenvalue weighted by Crippen LogP contribution is 2.35. The van der Waals surface area contributed by atoms with E-state index in [1.807, 2.05) is 0 Å². The fourth-order valence-electron chi connectivity index (χ4n) is 3.23. The highest BCUT2D eigenvalue weighted by atomic mass is 35.5. The van der Waals surface area contributed by atoms with Crippen LogP contribution in [0, 0.1) is 5.92 Å². The molecule has 0 amide bonds. The smallest absolute Gasteiger partial charge is 0.267 e. The van der Waals surface area contributed by atoms with Gasteiger partial charge in [0.2, 0.25) is 0 Å². The number of rotatable bonds is 2. The number of thiophene rings is 1. The van der Waals surface area contributed by atoms with E-state index in [-0.39, 0.29) is 12.1 Å². The van der Waals surface area contributed by atoms with E-state index in [0.29, 0.717) is 21.5 Å². The minimum absolute atomic E-state index is 0.108. The van der Waals surface area contributed by atoms with Crippen molar-refractivity contribution in [2.75, 3.05) is 0 Å². The first-order valence-electron chi connectivity index (χ1n) is 7.85. The third kappa shape index (κ3) is 2.65. The third-order valence-electron chi connectivity index (χ3n) is 4.55. The number of halogens is 2. The van der Waals surface area contributed by atoms with E-state index in [1.165, 1.54) is 9.56 Å². The molecule has 7 heteroatoms. The summed E-state index contributed by atoms with van der Waals surface area (Å²) in [6.45, 7) is 2.47. The molecule has 0 saturated carbocycles. The number of nitrogens with zero attached hydrogens (tertiary/aromatic N) is 3. The molecule has 124 valence electrons. The SMILES string of the molecule is C[C@@H]1CCc2c(sc3nnn(Cc4c(Cl)cccc4Cl)c(=O)c23)C1. The van der Waals surface area contributed by atoms with Gasteiger partial charge in [0.15, 0.2) is 4.83 Å². The van der Waals surface area contributed by atoms with Crippen molar-refractivity contribution in [1.29, 1.82) is 0 Å². The highest BCUT2D eigenvalue weighted by molar-refractivity contribution is 7.18. The number of hydrogen-bond donors (Lipinski definition) is 0. The summed E-state index contributed by atoms with van der Waals surface area (Å²) in [5.41, 5.74) is 1.74. The summed E-state index contributed by atoms with van der Waals surface area (Å²) in [5, 5.41) is 10.1. The van der Waals surface area contributed by atoms with Gasteiger partial charge in [-0.2, -0.15) is 0 Å². The van der Waals surface area contributed by atoms with Crippen LogP contribution in [0.25, 0.3) is 10.2 Å². The molecular formula is C17H15Cl2N3OS. The molecule has 1 aromatic carbocycles. The highest BCUT2D eigenvalue weighted by Gasteiger charge is 2.24. The summed E-state index contributed by atoms with van der Waals surface area (Å²) in [7, 11) is 0. The van der Waals surface area contributed by atoms with Gasteiger partial charge in [0.25, 0.3) is 5.56 Å². The molecular weight excluding hydrogens is 365 g/mol. The molecule has 0 N–H and O–H groups in total. The van der Waals surface area contributed by atoms with Gasteiger partial charge >= 0.3 is 0 Å². The Bertz CT molecular complexity index is 975. The van der Waals surface area contributed by atoms with Gasteiger partial charge in [-0.25, -0.2) is 4.68 Å². The van der Waals surface area contributed by atoms with Crippen LogP contribution in [0.1, 0.15) is 29.3 Å². The van der Waals surface area contributed by atoms with Crippen LogP contribution in [0.15, 0.2) is 23.0 Å². The van der Waals surface area contributed by atoms with E-state index >= 15 is 0 Å². The molecule has 4 nitrogen and oxygen atoms in total. The van der Waals surface area contributed by atoms with Crippen LogP contribution in [-0.2, 0) is 19.4 Å². The first-order chi connectivity index (χ1) is 11.5. The van der Waals surface area contributed by atoms with Gasteiger partial charge in [0.1, 0.15) is 0 Å². The lowest BCUT2D eigenvalue weighted by atomic mass is 9.89. The van der Waals surface area contributed by atoms with Gasteiger partial charge in [0.05, 0.1) is 11.9 Å². The van der Waals surface area contributed by atoms with Crippen molar-refractivity contribution in [1.82, 2.24) is 15.0 Å². The first-order valence-corrected chi connectivity index (χ1v) is 9.42. The average Bonchev–Trinajstić information content (AvgIpc) is 2.91. The maximum Gasteiger partial charge on any atom is 0.279 e. The summed E-state index contributed by atoms with van der Waals surface area (Å²) in [4.78, 5) is 15.0. The Hall–Kier alpha value is -1.43. The molecule has 0 bridgehead atoms. The lowest BCUT2D eigenvalue weighted by Gasteiger charge is -2.17. The van der Waals surface area contributed by atoms with Gasteiger partial charge in [-0.05, 0) is 42.9 Å². The fourth-order valence-corrected chi connectivity index (χ4v) is 5.06. The predicted octanol–water partition coefficient (Wildman–Crippen LogP) is 4.33. The lowest BCUT2D eigenvalue weighted by molar-refractivity contribution is 0.508. The van der Waals surface area contributed by atoms with Gasteiger partial charge in [-0.3, -0.25) is 4.79 Å². The molecule has 1 atom stereocenters. The zero-order chi connectivity index (χ0) is 16.8. The monoisotopic (exact) mass is 379 g/mol. The minimum atomic E-state index is -0.108. The van der Waals surface area contributed by atoms with E-state index in [0.717, 1.165) is 35.0 Å². The van der Waals surface area contributed by atoms with Crippen LogP contribution in [-0.4, -0.2) is 15.0 Å². The molecule has 2 heterocycles. The number of fused-ring (bicyclic) bond motifs is 3. The number of benzene rings is 1. The molecule has 0 radical (unpaired) electrons. The maximum absolute atomic E-state index is 13.0. The van der Waals surface area contributed by atoms with Crippen molar-refractivity contribution in [3.8, 4) is 0 Å².